The topological polar surface area (TPSA) is 32.5 Å². The molecule has 2 N–H and O–H groups in total. The van der Waals surface area contributed by atoms with E-state index in [1.54, 1.807) is 0 Å². The van der Waals surface area contributed by atoms with Gasteiger partial charge >= 0.3 is 0 Å². The molecule has 2 aliphatic rings. The number of hydrogen-bond acceptors (Lipinski definition) is 3. The van der Waals surface area contributed by atoms with Crippen molar-refractivity contribution in [1.29, 1.82) is 0 Å². The van der Waals surface area contributed by atoms with Crippen molar-refractivity contribution < 1.29 is 0 Å². The predicted molar refractivity (Wildman–Crippen MR) is 86.9 cm³/mol. The van der Waals surface area contributed by atoms with Crippen LogP contribution in [-0.2, 0) is 0 Å². The molecule has 1 saturated carbocycles. The molecular formula is C17H35N3. The van der Waals surface area contributed by atoms with E-state index in [-0.39, 0.29) is 0 Å². The van der Waals surface area contributed by atoms with E-state index in [9.17, 15) is 0 Å². The van der Waals surface area contributed by atoms with Crippen molar-refractivity contribution in [3.05, 3.63) is 0 Å². The van der Waals surface area contributed by atoms with Crippen LogP contribution >= 0.6 is 0 Å². The van der Waals surface area contributed by atoms with E-state index < -0.39 is 0 Å². The van der Waals surface area contributed by atoms with Crippen molar-refractivity contribution in [3.8, 4) is 0 Å². The van der Waals surface area contributed by atoms with Gasteiger partial charge in [0.05, 0.1) is 0 Å². The highest BCUT2D eigenvalue weighted by Gasteiger charge is 2.34. The molecule has 1 saturated heterocycles. The number of hydrogen-bond donors (Lipinski definition) is 1. The third-order valence-electron chi connectivity index (χ3n) is 5.64. The van der Waals surface area contributed by atoms with E-state index in [0.717, 1.165) is 24.5 Å². The first kappa shape index (κ1) is 16.3. The maximum Gasteiger partial charge on any atom is 0.0138 e. The molecule has 0 amide bonds. The molecule has 3 unspecified atom stereocenters. The molecular weight excluding hydrogens is 246 g/mol. The average molecular weight is 281 g/mol. The Kier molecular flexibility index (Phi) is 6.31. The van der Waals surface area contributed by atoms with Crippen molar-refractivity contribution >= 4 is 0 Å². The van der Waals surface area contributed by atoms with E-state index in [1.807, 2.05) is 0 Å². The van der Waals surface area contributed by atoms with Crippen molar-refractivity contribution in [2.24, 2.45) is 11.7 Å². The van der Waals surface area contributed by atoms with Crippen LogP contribution in [0.3, 0.4) is 0 Å². The zero-order chi connectivity index (χ0) is 14.5. The highest BCUT2D eigenvalue weighted by molar-refractivity contribution is 4.90. The molecule has 0 bridgehead atoms. The van der Waals surface area contributed by atoms with Crippen LogP contribution in [0.15, 0.2) is 0 Å². The van der Waals surface area contributed by atoms with Gasteiger partial charge in [-0.25, -0.2) is 0 Å². The quantitative estimate of drug-likeness (QED) is 0.841. The lowest BCUT2D eigenvalue weighted by Crippen LogP contribution is -2.46. The zero-order valence-electron chi connectivity index (χ0n) is 13.9. The third-order valence-corrected chi connectivity index (χ3v) is 5.64. The molecule has 0 aromatic carbocycles. The summed E-state index contributed by atoms with van der Waals surface area (Å²) in [5, 5.41) is 0. The van der Waals surface area contributed by atoms with Crippen LogP contribution in [0.1, 0.15) is 59.3 Å². The lowest BCUT2D eigenvalue weighted by Gasteiger charge is -2.38. The Morgan fingerprint density at radius 1 is 1.10 bits per heavy atom. The van der Waals surface area contributed by atoms with Crippen molar-refractivity contribution in [2.75, 3.05) is 26.2 Å². The first-order valence-corrected chi connectivity index (χ1v) is 8.87. The summed E-state index contributed by atoms with van der Waals surface area (Å²) < 4.78 is 0. The van der Waals surface area contributed by atoms with Gasteiger partial charge < -0.3 is 10.6 Å². The minimum atomic E-state index is 0.701. The molecule has 3 heteroatoms. The summed E-state index contributed by atoms with van der Waals surface area (Å²) in [5.41, 5.74) is 6.00. The van der Waals surface area contributed by atoms with Gasteiger partial charge in [0.2, 0.25) is 0 Å². The summed E-state index contributed by atoms with van der Waals surface area (Å²) in [5.74, 6) is 0.749. The molecule has 1 aliphatic heterocycles. The predicted octanol–water partition coefficient (Wildman–Crippen LogP) is 2.70. The van der Waals surface area contributed by atoms with Gasteiger partial charge in [-0.2, -0.15) is 0 Å². The maximum atomic E-state index is 6.00. The minimum Gasteiger partial charge on any atom is -0.330 e. The summed E-state index contributed by atoms with van der Waals surface area (Å²) in [4.78, 5) is 5.47. The van der Waals surface area contributed by atoms with Crippen molar-refractivity contribution in [1.82, 2.24) is 9.80 Å². The molecule has 3 atom stereocenters. The Balaban J connectivity index is 1.97. The summed E-state index contributed by atoms with van der Waals surface area (Å²) in [6.45, 7) is 11.7. The molecule has 3 nitrogen and oxygen atoms in total. The SMILES string of the molecule is CCN(C1CCCN(C(C)C)CC1)C1CCCC1CN. The van der Waals surface area contributed by atoms with Crippen molar-refractivity contribution in [2.45, 2.75) is 77.4 Å². The lowest BCUT2D eigenvalue weighted by molar-refractivity contribution is 0.102. The summed E-state index contributed by atoms with van der Waals surface area (Å²) in [6.07, 6.45) is 8.19. The second-order valence-electron chi connectivity index (χ2n) is 7.04. The number of nitrogens with two attached hydrogens (primary N) is 1. The van der Waals surface area contributed by atoms with E-state index in [4.69, 9.17) is 5.73 Å². The highest BCUT2D eigenvalue weighted by atomic mass is 15.2. The molecule has 2 fully saturated rings. The van der Waals surface area contributed by atoms with Crippen LogP contribution in [0.5, 0.6) is 0 Å². The fourth-order valence-electron chi connectivity index (χ4n) is 4.44. The largest absolute Gasteiger partial charge is 0.330 e. The molecule has 2 rings (SSSR count). The molecule has 20 heavy (non-hydrogen) atoms. The standard InChI is InChI=1S/C17H35N3/c1-4-20(17-9-5-7-15(17)13-18)16-8-6-11-19(12-10-16)14(2)3/h14-17H,4-13,18H2,1-3H3. The van der Waals surface area contributed by atoms with E-state index in [0.29, 0.717) is 6.04 Å². The van der Waals surface area contributed by atoms with Crippen LogP contribution in [0.2, 0.25) is 0 Å². The normalized spacial score (nSPS) is 33.0. The van der Waals surface area contributed by atoms with Gasteiger partial charge in [0.1, 0.15) is 0 Å². The van der Waals surface area contributed by atoms with Gasteiger partial charge in [0.15, 0.2) is 0 Å². The Hall–Kier alpha value is -0.120. The van der Waals surface area contributed by atoms with Crippen molar-refractivity contribution in [3.63, 3.8) is 0 Å². The molecule has 0 radical (unpaired) electrons. The second kappa shape index (κ2) is 7.77. The van der Waals surface area contributed by atoms with Gasteiger partial charge in [-0.05, 0) is 78.0 Å². The Morgan fingerprint density at radius 3 is 2.55 bits per heavy atom. The van der Waals surface area contributed by atoms with Crippen LogP contribution in [0, 0.1) is 5.92 Å². The van der Waals surface area contributed by atoms with Crippen LogP contribution in [0.4, 0.5) is 0 Å². The van der Waals surface area contributed by atoms with Crippen LogP contribution in [-0.4, -0.2) is 54.1 Å². The average Bonchev–Trinajstić information content (AvgIpc) is 2.76. The fourth-order valence-corrected chi connectivity index (χ4v) is 4.44. The first-order chi connectivity index (χ1) is 9.67. The van der Waals surface area contributed by atoms with Crippen LogP contribution < -0.4 is 5.73 Å². The third kappa shape index (κ3) is 3.75. The van der Waals surface area contributed by atoms with Gasteiger partial charge in [-0.1, -0.05) is 13.3 Å². The maximum absolute atomic E-state index is 6.00. The highest BCUT2D eigenvalue weighted by Crippen LogP contribution is 2.32. The molecule has 1 heterocycles. The molecule has 0 aromatic heterocycles. The molecule has 0 spiro atoms. The van der Waals surface area contributed by atoms with Gasteiger partial charge in [-0.15, -0.1) is 0 Å². The summed E-state index contributed by atoms with van der Waals surface area (Å²) in [6, 6.07) is 2.26. The Labute approximate surface area is 125 Å². The molecule has 118 valence electrons. The minimum absolute atomic E-state index is 0.701. The fraction of sp³-hybridized carbons (Fsp3) is 1.00. The lowest BCUT2D eigenvalue weighted by atomic mass is 9.98. The first-order valence-electron chi connectivity index (χ1n) is 8.87. The summed E-state index contributed by atoms with van der Waals surface area (Å²) in [7, 11) is 0. The Morgan fingerprint density at radius 2 is 1.90 bits per heavy atom. The van der Waals surface area contributed by atoms with Gasteiger partial charge in [-0.3, -0.25) is 4.90 Å². The monoisotopic (exact) mass is 281 g/mol. The number of nitrogens with zero attached hydrogens (tertiary/aromatic N) is 2. The van der Waals surface area contributed by atoms with E-state index >= 15 is 0 Å². The van der Waals surface area contributed by atoms with E-state index in [1.165, 1.54) is 58.2 Å². The second-order valence-corrected chi connectivity index (χ2v) is 7.04. The van der Waals surface area contributed by atoms with Crippen LogP contribution in [0.25, 0.3) is 0 Å². The smallest absolute Gasteiger partial charge is 0.0138 e. The number of rotatable bonds is 5. The number of likely N-dealkylation sites (tertiary alicyclic amines) is 1. The van der Waals surface area contributed by atoms with Gasteiger partial charge in [0.25, 0.3) is 0 Å². The summed E-state index contributed by atoms with van der Waals surface area (Å²) >= 11 is 0. The molecule has 0 aromatic rings. The zero-order valence-corrected chi connectivity index (χ0v) is 13.9. The Bertz CT molecular complexity index is 279. The molecule has 1 aliphatic carbocycles. The van der Waals surface area contributed by atoms with E-state index in [2.05, 4.69) is 30.6 Å². The van der Waals surface area contributed by atoms with Gasteiger partial charge in [0, 0.05) is 18.1 Å².